The Bertz CT molecular complexity index is 659. The lowest BCUT2D eigenvalue weighted by molar-refractivity contribution is -0.131. The molecule has 1 saturated heterocycles. The number of hydrogen-bond acceptors (Lipinski definition) is 4. The first-order valence-electron chi connectivity index (χ1n) is 6.69. The summed E-state index contributed by atoms with van der Waals surface area (Å²) in [6.07, 6.45) is 5.95. The molecule has 112 valence electrons. The van der Waals surface area contributed by atoms with Crippen molar-refractivity contribution in [3.8, 4) is 12.3 Å². The van der Waals surface area contributed by atoms with E-state index in [1.807, 2.05) is 0 Å². The Kier molecular flexibility index (Phi) is 4.53. The van der Waals surface area contributed by atoms with E-state index in [4.69, 9.17) is 12.2 Å². The molecule has 1 aromatic rings. The van der Waals surface area contributed by atoms with Crippen LogP contribution in [0.4, 0.5) is 5.69 Å². The third kappa shape index (κ3) is 3.99. The smallest absolute Gasteiger partial charge is 0.228 e. The molecule has 1 aliphatic heterocycles. The molecule has 0 aliphatic carbocycles. The quantitative estimate of drug-likeness (QED) is 0.647. The summed E-state index contributed by atoms with van der Waals surface area (Å²) in [5.74, 6) is 2.41. The fraction of sp³-hybridized carbons (Fsp3) is 0.400. The number of terminal acetylenes is 1. The van der Waals surface area contributed by atoms with E-state index in [2.05, 4.69) is 5.92 Å². The number of nitrogens with two attached hydrogens (primary N) is 1. The molecule has 0 spiro atoms. The number of sulfone groups is 1. The van der Waals surface area contributed by atoms with E-state index in [9.17, 15) is 13.2 Å². The minimum Gasteiger partial charge on any atom is -0.399 e. The fourth-order valence-corrected chi connectivity index (χ4v) is 4.18. The molecule has 2 rings (SSSR count). The average Bonchev–Trinajstić information content (AvgIpc) is 2.78. The largest absolute Gasteiger partial charge is 0.399 e. The van der Waals surface area contributed by atoms with Crippen molar-refractivity contribution in [2.75, 3.05) is 23.8 Å². The Labute approximate surface area is 125 Å². The van der Waals surface area contributed by atoms with Gasteiger partial charge in [0.15, 0.2) is 9.84 Å². The van der Waals surface area contributed by atoms with Gasteiger partial charge in [0.25, 0.3) is 0 Å². The lowest BCUT2D eigenvalue weighted by atomic mass is 10.1. The number of rotatable bonds is 4. The van der Waals surface area contributed by atoms with Crippen molar-refractivity contribution >= 4 is 21.4 Å². The molecule has 21 heavy (non-hydrogen) atoms. The zero-order chi connectivity index (χ0) is 15.5. The summed E-state index contributed by atoms with van der Waals surface area (Å²) >= 11 is 0. The minimum atomic E-state index is -3.05. The first-order valence-corrected chi connectivity index (χ1v) is 8.51. The van der Waals surface area contributed by atoms with Gasteiger partial charge in [-0.1, -0.05) is 18.1 Å². The summed E-state index contributed by atoms with van der Waals surface area (Å²) < 4.78 is 23.1. The van der Waals surface area contributed by atoms with Crippen LogP contribution in [0.3, 0.4) is 0 Å². The predicted molar refractivity (Wildman–Crippen MR) is 82.2 cm³/mol. The highest BCUT2D eigenvalue weighted by Gasteiger charge is 2.34. The fourth-order valence-electron chi connectivity index (χ4n) is 2.45. The van der Waals surface area contributed by atoms with Crippen molar-refractivity contribution in [3.63, 3.8) is 0 Å². The van der Waals surface area contributed by atoms with Crippen molar-refractivity contribution < 1.29 is 13.2 Å². The monoisotopic (exact) mass is 306 g/mol. The highest BCUT2D eigenvalue weighted by molar-refractivity contribution is 7.91. The molecule has 0 radical (unpaired) electrons. The number of hydrogen-bond donors (Lipinski definition) is 1. The van der Waals surface area contributed by atoms with Crippen LogP contribution in [0.1, 0.15) is 12.0 Å². The van der Waals surface area contributed by atoms with Gasteiger partial charge in [-0.2, -0.15) is 0 Å². The SMILES string of the molecule is C#CCN(C(=O)Cc1ccc(N)cc1)C1CCS(=O)(=O)C1. The van der Waals surface area contributed by atoms with E-state index >= 15 is 0 Å². The van der Waals surface area contributed by atoms with Gasteiger partial charge in [0.2, 0.25) is 5.91 Å². The van der Waals surface area contributed by atoms with Gasteiger partial charge >= 0.3 is 0 Å². The summed E-state index contributed by atoms with van der Waals surface area (Å²) in [7, 11) is -3.05. The molecule has 0 saturated carbocycles. The van der Waals surface area contributed by atoms with E-state index in [0.717, 1.165) is 5.56 Å². The van der Waals surface area contributed by atoms with Gasteiger partial charge in [0, 0.05) is 11.7 Å². The zero-order valence-electron chi connectivity index (χ0n) is 11.7. The highest BCUT2D eigenvalue weighted by Crippen LogP contribution is 2.19. The summed E-state index contributed by atoms with van der Waals surface area (Å²) in [5.41, 5.74) is 7.07. The number of amides is 1. The molecule has 0 aromatic heterocycles. The third-order valence-electron chi connectivity index (χ3n) is 3.57. The van der Waals surface area contributed by atoms with E-state index < -0.39 is 9.84 Å². The molecular weight excluding hydrogens is 288 g/mol. The van der Waals surface area contributed by atoms with Gasteiger partial charge in [-0.3, -0.25) is 4.79 Å². The summed E-state index contributed by atoms with van der Waals surface area (Å²) in [6, 6.07) is 6.72. The molecule has 5 nitrogen and oxygen atoms in total. The second kappa shape index (κ2) is 6.19. The van der Waals surface area contributed by atoms with Crippen molar-refractivity contribution in [3.05, 3.63) is 29.8 Å². The number of anilines is 1. The number of nitrogen functional groups attached to an aromatic ring is 1. The van der Waals surface area contributed by atoms with E-state index in [1.54, 1.807) is 24.3 Å². The molecule has 1 atom stereocenters. The maximum absolute atomic E-state index is 12.4. The number of benzene rings is 1. The van der Waals surface area contributed by atoms with Crippen LogP contribution in [0.25, 0.3) is 0 Å². The molecule has 1 heterocycles. The molecule has 1 unspecified atom stereocenters. The normalized spacial score (nSPS) is 19.9. The molecule has 1 amide bonds. The predicted octanol–water partition coefficient (Wildman–Crippen LogP) is 0.460. The number of nitrogens with zero attached hydrogens (tertiary/aromatic N) is 1. The molecule has 1 aliphatic rings. The lowest BCUT2D eigenvalue weighted by Crippen LogP contribution is -2.42. The van der Waals surface area contributed by atoms with Crippen LogP contribution in [0.15, 0.2) is 24.3 Å². The molecule has 1 fully saturated rings. The maximum atomic E-state index is 12.4. The van der Waals surface area contributed by atoms with Gasteiger partial charge in [0.1, 0.15) is 0 Å². The molecule has 0 bridgehead atoms. The molecule has 6 heteroatoms. The second-order valence-electron chi connectivity index (χ2n) is 5.20. The lowest BCUT2D eigenvalue weighted by Gasteiger charge is -2.26. The third-order valence-corrected chi connectivity index (χ3v) is 5.32. The molecule has 1 aromatic carbocycles. The van der Waals surface area contributed by atoms with Gasteiger partial charge in [-0.25, -0.2) is 8.42 Å². The highest BCUT2D eigenvalue weighted by atomic mass is 32.2. The first kappa shape index (κ1) is 15.4. The Hall–Kier alpha value is -2.00. The molecule has 2 N–H and O–H groups in total. The van der Waals surface area contributed by atoms with Gasteiger partial charge < -0.3 is 10.6 Å². The van der Waals surface area contributed by atoms with Crippen LogP contribution in [-0.4, -0.2) is 43.3 Å². The summed E-state index contributed by atoms with van der Waals surface area (Å²) in [4.78, 5) is 13.9. The van der Waals surface area contributed by atoms with Crippen LogP contribution >= 0.6 is 0 Å². The van der Waals surface area contributed by atoms with Crippen molar-refractivity contribution in [1.29, 1.82) is 0 Å². The standard InChI is InChI=1S/C15H18N2O3S/c1-2-8-17(14-7-9-21(19,20)11-14)15(18)10-12-3-5-13(16)6-4-12/h1,3-6,14H,7-11,16H2. The Morgan fingerprint density at radius 1 is 1.38 bits per heavy atom. The number of carbonyl (C=O) groups excluding carboxylic acids is 1. The van der Waals surface area contributed by atoms with Crippen molar-refractivity contribution in [2.24, 2.45) is 0 Å². The second-order valence-corrected chi connectivity index (χ2v) is 7.43. The van der Waals surface area contributed by atoms with Crippen LogP contribution in [0.2, 0.25) is 0 Å². The first-order chi connectivity index (χ1) is 9.91. The van der Waals surface area contributed by atoms with Crippen LogP contribution in [0, 0.1) is 12.3 Å². The minimum absolute atomic E-state index is 0.00214. The van der Waals surface area contributed by atoms with Gasteiger partial charge in [-0.05, 0) is 24.1 Å². The topological polar surface area (TPSA) is 80.5 Å². The van der Waals surface area contributed by atoms with Crippen LogP contribution in [-0.2, 0) is 21.1 Å². The van der Waals surface area contributed by atoms with Gasteiger partial charge in [-0.15, -0.1) is 6.42 Å². The Morgan fingerprint density at radius 3 is 2.57 bits per heavy atom. The van der Waals surface area contributed by atoms with Crippen molar-refractivity contribution in [2.45, 2.75) is 18.9 Å². The van der Waals surface area contributed by atoms with Crippen molar-refractivity contribution in [1.82, 2.24) is 4.90 Å². The zero-order valence-corrected chi connectivity index (χ0v) is 12.5. The molecular formula is C15H18N2O3S. The Balaban J connectivity index is 2.09. The Morgan fingerprint density at radius 2 is 2.05 bits per heavy atom. The van der Waals surface area contributed by atoms with Crippen LogP contribution in [0.5, 0.6) is 0 Å². The van der Waals surface area contributed by atoms with E-state index in [1.165, 1.54) is 4.90 Å². The number of carbonyl (C=O) groups is 1. The maximum Gasteiger partial charge on any atom is 0.228 e. The van der Waals surface area contributed by atoms with E-state index in [0.29, 0.717) is 12.1 Å². The average molecular weight is 306 g/mol. The van der Waals surface area contributed by atoms with Gasteiger partial charge in [0.05, 0.1) is 24.5 Å². The summed E-state index contributed by atoms with van der Waals surface area (Å²) in [6.45, 7) is 0.133. The van der Waals surface area contributed by atoms with Crippen LogP contribution < -0.4 is 5.73 Å². The summed E-state index contributed by atoms with van der Waals surface area (Å²) in [5, 5.41) is 0. The van der Waals surface area contributed by atoms with E-state index in [-0.39, 0.29) is 36.4 Å².